The minimum atomic E-state index is 0.412. The predicted molar refractivity (Wildman–Crippen MR) is 82.0 cm³/mol. The van der Waals surface area contributed by atoms with Crippen LogP contribution in [0.3, 0.4) is 0 Å². The van der Waals surface area contributed by atoms with E-state index in [-0.39, 0.29) is 0 Å². The van der Waals surface area contributed by atoms with Crippen LogP contribution in [-0.2, 0) is 0 Å². The lowest BCUT2D eigenvalue weighted by Gasteiger charge is -2.16. The van der Waals surface area contributed by atoms with Gasteiger partial charge in [0.2, 0.25) is 0 Å². The first-order valence-electron chi connectivity index (χ1n) is 6.71. The average molecular weight is 254 g/mol. The summed E-state index contributed by atoms with van der Waals surface area (Å²) >= 11 is 0. The second-order valence-corrected chi connectivity index (χ2v) is 5.52. The zero-order valence-electron chi connectivity index (χ0n) is 12.7. The topological polar surface area (TPSA) is 20.2 Å². The van der Waals surface area contributed by atoms with E-state index < -0.39 is 0 Å². The van der Waals surface area contributed by atoms with E-state index in [2.05, 4.69) is 52.8 Å². The number of aryl methyl sites for hydroxylation is 2. The summed E-state index contributed by atoms with van der Waals surface area (Å²) in [4.78, 5) is 0. The van der Waals surface area contributed by atoms with Crippen molar-refractivity contribution >= 4 is 0 Å². The third kappa shape index (κ3) is 2.14. The van der Waals surface area contributed by atoms with Crippen molar-refractivity contribution in [2.24, 2.45) is 0 Å². The molecule has 2 rings (SSSR count). The predicted octanol–water partition coefficient (Wildman–Crippen LogP) is 4.91. The van der Waals surface area contributed by atoms with Gasteiger partial charge >= 0.3 is 0 Å². The van der Waals surface area contributed by atoms with Crippen molar-refractivity contribution in [3.63, 3.8) is 0 Å². The molecule has 0 bridgehead atoms. The van der Waals surface area contributed by atoms with E-state index in [9.17, 15) is 5.11 Å². The van der Waals surface area contributed by atoms with Crippen LogP contribution in [0.25, 0.3) is 11.1 Å². The van der Waals surface area contributed by atoms with Gasteiger partial charge in [0, 0.05) is 5.56 Å². The maximum Gasteiger partial charge on any atom is 0.126 e. The third-order valence-electron chi connectivity index (χ3n) is 4.47. The Morgan fingerprint density at radius 2 is 1.21 bits per heavy atom. The Bertz CT molecular complexity index is 651. The lowest BCUT2D eigenvalue weighted by Crippen LogP contribution is -1.95. The van der Waals surface area contributed by atoms with Gasteiger partial charge < -0.3 is 5.11 Å². The quantitative estimate of drug-likeness (QED) is 0.766. The monoisotopic (exact) mass is 254 g/mol. The van der Waals surface area contributed by atoms with Crippen molar-refractivity contribution in [3.05, 3.63) is 51.6 Å². The largest absolute Gasteiger partial charge is 0.507 e. The molecule has 0 heterocycles. The van der Waals surface area contributed by atoms with Gasteiger partial charge in [0.15, 0.2) is 0 Å². The van der Waals surface area contributed by atoms with Crippen LogP contribution in [0.4, 0.5) is 0 Å². The van der Waals surface area contributed by atoms with Crippen LogP contribution in [0.1, 0.15) is 33.4 Å². The molecule has 0 unspecified atom stereocenters. The smallest absolute Gasteiger partial charge is 0.126 e. The Labute approximate surface area is 115 Å². The Morgan fingerprint density at radius 1 is 0.632 bits per heavy atom. The first-order chi connectivity index (χ1) is 8.84. The highest BCUT2D eigenvalue weighted by molar-refractivity contribution is 5.77. The van der Waals surface area contributed by atoms with Gasteiger partial charge in [0.25, 0.3) is 0 Å². The number of hydrogen-bond acceptors (Lipinski definition) is 1. The maximum atomic E-state index is 10.4. The van der Waals surface area contributed by atoms with Gasteiger partial charge in [-0.3, -0.25) is 0 Å². The molecule has 0 fully saturated rings. The van der Waals surface area contributed by atoms with Crippen molar-refractivity contribution in [1.82, 2.24) is 0 Å². The fraction of sp³-hybridized carbons (Fsp3) is 0.333. The zero-order chi connectivity index (χ0) is 14.3. The summed E-state index contributed by atoms with van der Waals surface area (Å²) in [5, 5.41) is 10.4. The molecule has 100 valence electrons. The first-order valence-corrected chi connectivity index (χ1v) is 6.71. The van der Waals surface area contributed by atoms with Crippen molar-refractivity contribution in [2.75, 3.05) is 0 Å². The van der Waals surface area contributed by atoms with E-state index in [4.69, 9.17) is 0 Å². The normalized spacial score (nSPS) is 10.8. The summed E-state index contributed by atoms with van der Waals surface area (Å²) in [7, 11) is 0. The van der Waals surface area contributed by atoms with E-state index in [1.54, 1.807) is 0 Å². The molecule has 0 aliphatic carbocycles. The summed E-state index contributed by atoms with van der Waals surface area (Å²) in [6, 6.07) is 6.33. The second kappa shape index (κ2) is 4.73. The molecule has 0 saturated carbocycles. The summed E-state index contributed by atoms with van der Waals surface area (Å²) < 4.78 is 0. The summed E-state index contributed by atoms with van der Waals surface area (Å²) in [5.74, 6) is 0.412. The number of phenolic OH excluding ortho intramolecular Hbond substituents is 1. The maximum absolute atomic E-state index is 10.4. The number of benzene rings is 2. The third-order valence-corrected chi connectivity index (χ3v) is 4.47. The van der Waals surface area contributed by atoms with Gasteiger partial charge in [0.1, 0.15) is 5.75 Å². The molecular weight excluding hydrogens is 232 g/mol. The number of hydrogen-bond donors (Lipinski definition) is 1. The van der Waals surface area contributed by atoms with Crippen LogP contribution >= 0.6 is 0 Å². The molecule has 0 aromatic heterocycles. The molecule has 0 radical (unpaired) electrons. The average Bonchev–Trinajstić information content (AvgIpc) is 2.39. The van der Waals surface area contributed by atoms with E-state index in [0.717, 1.165) is 16.7 Å². The van der Waals surface area contributed by atoms with Gasteiger partial charge in [-0.2, -0.15) is 0 Å². The molecule has 0 saturated heterocycles. The molecule has 1 nitrogen and oxygen atoms in total. The van der Waals surface area contributed by atoms with Crippen LogP contribution in [-0.4, -0.2) is 5.11 Å². The summed E-state index contributed by atoms with van der Waals surface area (Å²) in [6.07, 6.45) is 0. The van der Waals surface area contributed by atoms with E-state index in [0.29, 0.717) is 5.75 Å². The minimum Gasteiger partial charge on any atom is -0.507 e. The molecule has 0 atom stereocenters. The molecule has 0 amide bonds. The molecule has 1 heteroatoms. The standard InChI is InChI=1S/C18H22O/c1-10-7-8-16(14(5)12(10)3)17-9-11(2)13(4)15(6)18(17)19/h7-9,19H,1-6H3. The fourth-order valence-electron chi connectivity index (χ4n) is 2.52. The molecule has 19 heavy (non-hydrogen) atoms. The molecular formula is C18H22O. The van der Waals surface area contributed by atoms with Gasteiger partial charge in [0.05, 0.1) is 0 Å². The van der Waals surface area contributed by atoms with Gasteiger partial charge in [-0.15, -0.1) is 0 Å². The minimum absolute atomic E-state index is 0.412. The summed E-state index contributed by atoms with van der Waals surface area (Å²) in [6.45, 7) is 12.5. The Hall–Kier alpha value is -1.76. The van der Waals surface area contributed by atoms with Crippen molar-refractivity contribution in [2.45, 2.75) is 41.5 Å². The van der Waals surface area contributed by atoms with E-state index >= 15 is 0 Å². The Balaban J connectivity index is 2.77. The molecule has 0 aliphatic rings. The van der Waals surface area contributed by atoms with Crippen LogP contribution in [0.5, 0.6) is 5.75 Å². The van der Waals surface area contributed by atoms with Crippen LogP contribution in [0, 0.1) is 41.5 Å². The van der Waals surface area contributed by atoms with Crippen LogP contribution in [0.15, 0.2) is 18.2 Å². The highest BCUT2D eigenvalue weighted by Crippen LogP contribution is 2.38. The second-order valence-electron chi connectivity index (χ2n) is 5.52. The lowest BCUT2D eigenvalue weighted by atomic mass is 9.90. The van der Waals surface area contributed by atoms with Gasteiger partial charge in [-0.1, -0.05) is 12.1 Å². The number of phenols is 1. The number of aromatic hydroxyl groups is 1. The molecule has 2 aromatic rings. The Morgan fingerprint density at radius 3 is 1.84 bits per heavy atom. The van der Waals surface area contributed by atoms with Crippen molar-refractivity contribution < 1.29 is 5.11 Å². The van der Waals surface area contributed by atoms with E-state index in [1.807, 2.05) is 6.92 Å². The van der Waals surface area contributed by atoms with Gasteiger partial charge in [-0.05, 0) is 86.6 Å². The summed E-state index contributed by atoms with van der Waals surface area (Å²) in [5.41, 5.74) is 9.29. The molecule has 0 aliphatic heterocycles. The highest BCUT2D eigenvalue weighted by Gasteiger charge is 2.14. The highest BCUT2D eigenvalue weighted by atomic mass is 16.3. The zero-order valence-corrected chi connectivity index (χ0v) is 12.7. The van der Waals surface area contributed by atoms with Gasteiger partial charge in [-0.25, -0.2) is 0 Å². The van der Waals surface area contributed by atoms with E-state index in [1.165, 1.54) is 27.8 Å². The SMILES string of the molecule is Cc1ccc(-c2cc(C)c(C)c(C)c2O)c(C)c1C. The van der Waals surface area contributed by atoms with Crippen LogP contribution < -0.4 is 0 Å². The van der Waals surface area contributed by atoms with Crippen LogP contribution in [0.2, 0.25) is 0 Å². The molecule has 0 spiro atoms. The fourth-order valence-corrected chi connectivity index (χ4v) is 2.52. The first kappa shape index (κ1) is 13.7. The molecule has 1 N–H and O–H groups in total. The Kier molecular flexibility index (Phi) is 3.40. The lowest BCUT2D eigenvalue weighted by molar-refractivity contribution is 0.472. The van der Waals surface area contributed by atoms with Crippen molar-refractivity contribution in [1.29, 1.82) is 0 Å². The van der Waals surface area contributed by atoms with Crippen molar-refractivity contribution in [3.8, 4) is 16.9 Å². The molecule has 2 aromatic carbocycles. The number of rotatable bonds is 1.